The van der Waals surface area contributed by atoms with Crippen LogP contribution in [0.1, 0.15) is 10.4 Å². The van der Waals surface area contributed by atoms with Crippen molar-refractivity contribution in [3.63, 3.8) is 0 Å². The van der Waals surface area contributed by atoms with Crippen molar-refractivity contribution in [2.24, 2.45) is 5.73 Å². The van der Waals surface area contributed by atoms with Crippen LogP contribution in [0.15, 0.2) is 12.1 Å². The molecule has 0 bridgehead atoms. The van der Waals surface area contributed by atoms with E-state index in [1.165, 1.54) is 0 Å². The van der Waals surface area contributed by atoms with Crippen LogP contribution in [0.4, 0.5) is 23.2 Å². The van der Waals surface area contributed by atoms with Gasteiger partial charge in [0, 0.05) is 6.07 Å². The normalized spacial score (nSPS) is 11.2. The summed E-state index contributed by atoms with van der Waals surface area (Å²) in [6.07, 6.45) is -4.99. The number of carbonyl (C=O) groups is 1. The van der Waals surface area contributed by atoms with Gasteiger partial charge in [0.2, 0.25) is 0 Å². The number of alkyl halides is 3. The van der Waals surface area contributed by atoms with Gasteiger partial charge in [0.25, 0.3) is 5.91 Å². The van der Waals surface area contributed by atoms with E-state index in [2.05, 4.69) is 4.74 Å². The second-order valence-electron chi connectivity index (χ2n) is 2.78. The van der Waals surface area contributed by atoms with E-state index in [-0.39, 0.29) is 0 Å². The van der Waals surface area contributed by atoms with E-state index in [0.717, 1.165) is 0 Å². The number of nitrogen functional groups attached to an aromatic ring is 1. The predicted molar refractivity (Wildman–Crippen MR) is 46.0 cm³/mol. The van der Waals surface area contributed by atoms with Gasteiger partial charge in [-0.3, -0.25) is 4.79 Å². The van der Waals surface area contributed by atoms with Crippen molar-refractivity contribution < 1.29 is 27.1 Å². The minimum absolute atomic E-state index is 0.412. The predicted octanol–water partition coefficient (Wildman–Crippen LogP) is 1.41. The molecule has 1 rings (SSSR count). The van der Waals surface area contributed by atoms with Gasteiger partial charge in [-0.2, -0.15) is 0 Å². The monoisotopic (exact) mass is 238 g/mol. The molecule has 1 amide bonds. The molecular weight excluding hydrogens is 232 g/mol. The van der Waals surface area contributed by atoms with Gasteiger partial charge in [-0.25, -0.2) is 4.39 Å². The van der Waals surface area contributed by atoms with Crippen molar-refractivity contribution in [2.75, 3.05) is 5.73 Å². The summed E-state index contributed by atoms with van der Waals surface area (Å²) >= 11 is 0. The molecule has 8 heteroatoms. The Balaban J connectivity index is 3.19. The van der Waals surface area contributed by atoms with Gasteiger partial charge in [0.15, 0.2) is 5.82 Å². The highest BCUT2D eigenvalue weighted by Gasteiger charge is 2.32. The number of ether oxygens (including phenoxy) is 1. The molecular formula is C8H6F4N2O2. The summed E-state index contributed by atoms with van der Waals surface area (Å²) in [5.41, 5.74) is 8.70. The SMILES string of the molecule is NC(=O)c1cc(OC(F)(F)F)cc(F)c1N. The number of hydrogen-bond acceptors (Lipinski definition) is 3. The van der Waals surface area contributed by atoms with Gasteiger partial charge in [0.05, 0.1) is 11.3 Å². The van der Waals surface area contributed by atoms with Crippen molar-refractivity contribution in [3.05, 3.63) is 23.5 Å². The molecule has 0 atom stereocenters. The fraction of sp³-hybridized carbons (Fsp3) is 0.125. The molecule has 0 aliphatic heterocycles. The molecule has 1 aromatic rings. The number of benzene rings is 1. The molecule has 0 aliphatic carbocycles. The van der Waals surface area contributed by atoms with Gasteiger partial charge in [-0.1, -0.05) is 0 Å². The number of primary amides is 1. The number of rotatable bonds is 2. The topological polar surface area (TPSA) is 78.3 Å². The van der Waals surface area contributed by atoms with Gasteiger partial charge in [-0.15, -0.1) is 13.2 Å². The van der Waals surface area contributed by atoms with E-state index >= 15 is 0 Å². The molecule has 0 heterocycles. The fourth-order valence-corrected chi connectivity index (χ4v) is 0.989. The molecule has 88 valence electrons. The zero-order valence-electron chi connectivity index (χ0n) is 7.64. The standard InChI is InChI=1S/C8H6F4N2O2/c9-5-2-3(16-8(10,11)12)1-4(6(5)13)7(14)15/h1-2H,13H2,(H2,14,15). The fourth-order valence-electron chi connectivity index (χ4n) is 0.989. The average molecular weight is 238 g/mol. The molecule has 0 saturated carbocycles. The quantitative estimate of drug-likeness (QED) is 0.603. The molecule has 0 spiro atoms. The molecule has 0 unspecified atom stereocenters. The molecule has 4 N–H and O–H groups in total. The largest absolute Gasteiger partial charge is 0.573 e. The lowest BCUT2D eigenvalue weighted by Gasteiger charge is -2.11. The Morgan fingerprint density at radius 2 is 1.88 bits per heavy atom. The van der Waals surface area contributed by atoms with Gasteiger partial charge in [-0.05, 0) is 6.07 Å². The molecule has 0 radical (unpaired) electrons. The van der Waals surface area contributed by atoms with E-state index in [9.17, 15) is 22.4 Å². The highest BCUT2D eigenvalue weighted by Crippen LogP contribution is 2.28. The van der Waals surface area contributed by atoms with Crippen LogP contribution in [0.3, 0.4) is 0 Å². The van der Waals surface area contributed by atoms with E-state index in [1.807, 2.05) is 0 Å². The highest BCUT2D eigenvalue weighted by molar-refractivity contribution is 5.98. The van der Waals surface area contributed by atoms with Crippen molar-refractivity contribution >= 4 is 11.6 Å². The summed E-state index contributed by atoms with van der Waals surface area (Å²) in [6, 6.07) is 1.03. The molecule has 16 heavy (non-hydrogen) atoms. The van der Waals surface area contributed by atoms with Crippen molar-refractivity contribution in [1.82, 2.24) is 0 Å². The van der Waals surface area contributed by atoms with Gasteiger partial charge >= 0.3 is 6.36 Å². The Morgan fingerprint density at radius 3 is 2.31 bits per heavy atom. The minimum atomic E-state index is -4.99. The third-order valence-electron chi connectivity index (χ3n) is 1.60. The summed E-state index contributed by atoms with van der Waals surface area (Å²) < 4.78 is 51.9. The first-order valence-corrected chi connectivity index (χ1v) is 3.85. The Morgan fingerprint density at radius 1 is 1.31 bits per heavy atom. The maximum absolute atomic E-state index is 13.0. The van der Waals surface area contributed by atoms with E-state index in [4.69, 9.17) is 11.5 Å². The molecule has 1 aromatic carbocycles. The van der Waals surface area contributed by atoms with Crippen LogP contribution >= 0.6 is 0 Å². The maximum Gasteiger partial charge on any atom is 0.573 e. The smallest absolute Gasteiger partial charge is 0.406 e. The summed E-state index contributed by atoms with van der Waals surface area (Å²) in [4.78, 5) is 10.7. The summed E-state index contributed by atoms with van der Waals surface area (Å²) in [5, 5.41) is 0. The van der Waals surface area contributed by atoms with Crippen LogP contribution < -0.4 is 16.2 Å². The van der Waals surface area contributed by atoms with E-state index in [1.54, 1.807) is 0 Å². The first-order chi connectivity index (χ1) is 7.20. The van der Waals surface area contributed by atoms with E-state index < -0.39 is 35.1 Å². The minimum Gasteiger partial charge on any atom is -0.406 e. The molecule has 4 nitrogen and oxygen atoms in total. The third kappa shape index (κ3) is 2.75. The first kappa shape index (κ1) is 12.1. The Hall–Kier alpha value is -1.99. The summed E-state index contributed by atoms with van der Waals surface area (Å²) in [6.45, 7) is 0. The van der Waals surface area contributed by atoms with Crippen molar-refractivity contribution in [2.45, 2.75) is 6.36 Å². The number of amides is 1. The molecule has 0 fully saturated rings. The summed E-state index contributed by atoms with van der Waals surface area (Å²) in [7, 11) is 0. The molecule has 0 saturated heterocycles. The second kappa shape index (κ2) is 3.87. The molecule has 0 aliphatic rings. The number of carbonyl (C=O) groups excluding carboxylic acids is 1. The zero-order chi connectivity index (χ0) is 12.5. The van der Waals surface area contributed by atoms with Gasteiger partial charge in [0.1, 0.15) is 5.75 Å². The summed E-state index contributed by atoms with van der Waals surface area (Å²) in [5.74, 6) is -3.26. The van der Waals surface area contributed by atoms with Crippen LogP contribution in [0.2, 0.25) is 0 Å². The first-order valence-electron chi connectivity index (χ1n) is 3.85. The van der Waals surface area contributed by atoms with Crippen LogP contribution in [-0.4, -0.2) is 12.3 Å². The van der Waals surface area contributed by atoms with Crippen LogP contribution in [0.25, 0.3) is 0 Å². The van der Waals surface area contributed by atoms with Crippen LogP contribution in [-0.2, 0) is 0 Å². The maximum atomic E-state index is 13.0. The van der Waals surface area contributed by atoms with E-state index in [0.29, 0.717) is 12.1 Å². The third-order valence-corrected chi connectivity index (χ3v) is 1.60. The van der Waals surface area contributed by atoms with Gasteiger partial charge < -0.3 is 16.2 Å². The number of nitrogens with two attached hydrogens (primary N) is 2. The van der Waals surface area contributed by atoms with Crippen LogP contribution in [0, 0.1) is 5.82 Å². The lowest BCUT2D eigenvalue weighted by molar-refractivity contribution is -0.274. The molecule has 0 aromatic heterocycles. The number of hydrogen-bond donors (Lipinski definition) is 2. The lowest BCUT2D eigenvalue weighted by Crippen LogP contribution is -2.19. The van der Waals surface area contributed by atoms with Crippen molar-refractivity contribution in [1.29, 1.82) is 0 Å². The lowest BCUT2D eigenvalue weighted by atomic mass is 10.1. The highest BCUT2D eigenvalue weighted by atomic mass is 19.4. The Labute approximate surface area is 86.8 Å². The Bertz CT molecular complexity index is 431. The number of anilines is 1. The van der Waals surface area contributed by atoms with Crippen molar-refractivity contribution in [3.8, 4) is 5.75 Å². The van der Waals surface area contributed by atoms with Crippen LogP contribution in [0.5, 0.6) is 5.75 Å². The second-order valence-corrected chi connectivity index (χ2v) is 2.78. The number of halogens is 4. The zero-order valence-corrected chi connectivity index (χ0v) is 7.64. The Kier molecular flexibility index (Phi) is 2.92. The average Bonchev–Trinajstić information content (AvgIpc) is 2.07.